The number of imide groups is 1. The van der Waals surface area contributed by atoms with Crippen molar-refractivity contribution in [2.24, 2.45) is 5.92 Å². The van der Waals surface area contributed by atoms with Gasteiger partial charge in [0, 0.05) is 6.04 Å². The molecule has 0 aromatic rings. The van der Waals surface area contributed by atoms with Gasteiger partial charge in [0.2, 0.25) is 11.8 Å². The lowest BCUT2D eigenvalue weighted by atomic mass is 9.85. The summed E-state index contributed by atoms with van der Waals surface area (Å²) in [4.78, 5) is 35.6. The highest BCUT2D eigenvalue weighted by atomic mass is 32.2. The molecule has 5 nitrogen and oxygen atoms in total. The van der Waals surface area contributed by atoms with Crippen molar-refractivity contribution in [2.75, 3.05) is 11.5 Å². The molecule has 0 atom stereocenters. The Balaban J connectivity index is 1.97. The average Bonchev–Trinajstić information content (AvgIpc) is 2.29. The number of rotatable bonds is 2. The number of carboxylic acids is 1. The summed E-state index contributed by atoms with van der Waals surface area (Å²) < 4.78 is 0. The van der Waals surface area contributed by atoms with E-state index in [1.807, 2.05) is 0 Å². The number of carbonyl (C=O) groups excluding carboxylic acids is 2. The number of aliphatic carboxylic acids is 1. The second kappa shape index (κ2) is 5.08. The Morgan fingerprint density at radius 1 is 1.12 bits per heavy atom. The normalized spacial score (nSPS) is 30.5. The fraction of sp³-hybridized carbons (Fsp3) is 0.727. The minimum atomic E-state index is -0.768. The van der Waals surface area contributed by atoms with Crippen LogP contribution in [0.25, 0.3) is 0 Å². The van der Waals surface area contributed by atoms with Gasteiger partial charge in [-0.05, 0) is 25.7 Å². The Morgan fingerprint density at radius 3 is 2.12 bits per heavy atom. The van der Waals surface area contributed by atoms with Crippen molar-refractivity contribution in [1.82, 2.24) is 4.90 Å². The van der Waals surface area contributed by atoms with Crippen LogP contribution in [0.5, 0.6) is 0 Å². The molecule has 1 saturated carbocycles. The van der Waals surface area contributed by atoms with E-state index in [0.717, 1.165) is 0 Å². The summed E-state index contributed by atoms with van der Waals surface area (Å²) in [6, 6.07) is -0.0773. The van der Waals surface area contributed by atoms with E-state index in [4.69, 9.17) is 5.11 Å². The number of hydrogen-bond acceptors (Lipinski definition) is 4. The van der Waals surface area contributed by atoms with E-state index in [1.165, 1.54) is 16.7 Å². The van der Waals surface area contributed by atoms with Crippen LogP contribution in [0.15, 0.2) is 0 Å². The quantitative estimate of drug-likeness (QED) is 0.738. The van der Waals surface area contributed by atoms with Gasteiger partial charge in [0.15, 0.2) is 0 Å². The molecule has 1 aliphatic carbocycles. The van der Waals surface area contributed by atoms with Crippen molar-refractivity contribution >= 4 is 29.5 Å². The van der Waals surface area contributed by atoms with Crippen LogP contribution in [0, 0.1) is 5.92 Å². The van der Waals surface area contributed by atoms with Crippen molar-refractivity contribution < 1.29 is 19.5 Å². The smallest absolute Gasteiger partial charge is 0.306 e. The summed E-state index contributed by atoms with van der Waals surface area (Å²) in [5.41, 5.74) is 0. The summed E-state index contributed by atoms with van der Waals surface area (Å²) in [7, 11) is 0. The molecule has 0 aromatic heterocycles. The molecule has 1 saturated heterocycles. The molecule has 1 aliphatic heterocycles. The highest BCUT2D eigenvalue weighted by molar-refractivity contribution is 8.00. The number of thioether (sulfide) groups is 1. The van der Waals surface area contributed by atoms with Crippen molar-refractivity contribution in [3.8, 4) is 0 Å². The first kappa shape index (κ1) is 12.4. The Kier molecular flexibility index (Phi) is 3.71. The SMILES string of the molecule is O=C(O)C1CCC(N2C(=O)CSCC2=O)CC1. The molecule has 2 fully saturated rings. The van der Waals surface area contributed by atoms with Gasteiger partial charge >= 0.3 is 5.97 Å². The van der Waals surface area contributed by atoms with Crippen molar-refractivity contribution in [2.45, 2.75) is 31.7 Å². The van der Waals surface area contributed by atoms with Crippen molar-refractivity contribution in [3.63, 3.8) is 0 Å². The second-order valence-electron chi connectivity index (χ2n) is 4.49. The zero-order valence-electron chi connectivity index (χ0n) is 9.42. The van der Waals surface area contributed by atoms with Gasteiger partial charge in [-0.2, -0.15) is 0 Å². The molecule has 0 bridgehead atoms. The lowest BCUT2D eigenvalue weighted by molar-refractivity contribution is -0.147. The fourth-order valence-electron chi connectivity index (χ4n) is 2.49. The van der Waals surface area contributed by atoms with E-state index >= 15 is 0 Å². The number of amides is 2. The Morgan fingerprint density at radius 2 is 1.65 bits per heavy atom. The average molecular weight is 257 g/mol. The van der Waals surface area contributed by atoms with Crippen LogP contribution >= 0.6 is 11.8 Å². The minimum Gasteiger partial charge on any atom is -0.481 e. The molecule has 2 amide bonds. The predicted molar refractivity (Wildman–Crippen MR) is 62.6 cm³/mol. The van der Waals surface area contributed by atoms with Gasteiger partial charge in [-0.3, -0.25) is 19.3 Å². The Hall–Kier alpha value is -1.04. The van der Waals surface area contributed by atoms with E-state index in [-0.39, 0.29) is 23.8 Å². The predicted octanol–water partition coefficient (Wildman–Crippen LogP) is 0.732. The molecule has 0 radical (unpaired) electrons. The highest BCUT2D eigenvalue weighted by Crippen LogP contribution is 2.29. The van der Waals surface area contributed by atoms with Crippen LogP contribution in [0.4, 0.5) is 0 Å². The van der Waals surface area contributed by atoms with E-state index < -0.39 is 5.97 Å². The molecule has 1 heterocycles. The molecule has 2 rings (SSSR count). The lowest BCUT2D eigenvalue weighted by Crippen LogP contribution is -2.50. The first-order valence-electron chi connectivity index (χ1n) is 5.75. The molecule has 2 aliphatic rings. The minimum absolute atomic E-state index is 0.0773. The molecule has 94 valence electrons. The third-order valence-electron chi connectivity index (χ3n) is 3.40. The van der Waals surface area contributed by atoms with Gasteiger partial charge in [0.25, 0.3) is 0 Å². The topological polar surface area (TPSA) is 74.7 Å². The maximum atomic E-state index is 11.7. The number of hydrogen-bond donors (Lipinski definition) is 1. The molecule has 0 unspecified atom stereocenters. The number of carbonyl (C=O) groups is 3. The highest BCUT2D eigenvalue weighted by Gasteiger charge is 2.36. The Bertz CT molecular complexity index is 333. The molecule has 0 spiro atoms. The molecule has 6 heteroatoms. The molecular formula is C11H15NO4S. The summed E-state index contributed by atoms with van der Waals surface area (Å²) in [6.45, 7) is 0. The maximum Gasteiger partial charge on any atom is 0.306 e. The van der Waals surface area contributed by atoms with Crippen LogP contribution in [0.1, 0.15) is 25.7 Å². The van der Waals surface area contributed by atoms with E-state index in [1.54, 1.807) is 0 Å². The summed E-state index contributed by atoms with van der Waals surface area (Å²) in [5, 5.41) is 8.89. The monoisotopic (exact) mass is 257 g/mol. The fourth-order valence-corrected chi connectivity index (χ4v) is 3.22. The van der Waals surface area contributed by atoms with Crippen molar-refractivity contribution in [1.29, 1.82) is 0 Å². The second-order valence-corrected chi connectivity index (χ2v) is 5.48. The van der Waals surface area contributed by atoms with E-state index in [9.17, 15) is 14.4 Å². The first-order chi connectivity index (χ1) is 8.09. The zero-order valence-corrected chi connectivity index (χ0v) is 10.2. The van der Waals surface area contributed by atoms with Gasteiger partial charge in [-0.15, -0.1) is 11.8 Å². The first-order valence-corrected chi connectivity index (χ1v) is 6.90. The molecule has 17 heavy (non-hydrogen) atoms. The largest absolute Gasteiger partial charge is 0.481 e. The molecular weight excluding hydrogens is 242 g/mol. The van der Waals surface area contributed by atoms with Gasteiger partial charge < -0.3 is 5.11 Å². The van der Waals surface area contributed by atoms with Crippen molar-refractivity contribution in [3.05, 3.63) is 0 Å². The number of carboxylic acid groups (broad SMARTS) is 1. The summed E-state index contributed by atoms with van der Waals surface area (Å²) in [6.07, 6.45) is 2.37. The maximum absolute atomic E-state index is 11.7. The standard InChI is InChI=1S/C11H15NO4S/c13-9-5-17-6-10(14)12(9)8-3-1-7(2-4-8)11(15)16/h7-8H,1-6H2,(H,15,16). The summed E-state index contributed by atoms with van der Waals surface area (Å²) >= 11 is 1.35. The zero-order chi connectivity index (χ0) is 12.4. The van der Waals surface area contributed by atoms with Gasteiger partial charge in [0.05, 0.1) is 17.4 Å². The Labute approximate surface area is 104 Å². The number of nitrogens with zero attached hydrogens (tertiary/aromatic N) is 1. The van der Waals surface area contributed by atoms with Crippen LogP contribution in [0.3, 0.4) is 0 Å². The molecule has 0 aromatic carbocycles. The van der Waals surface area contributed by atoms with Gasteiger partial charge in [-0.25, -0.2) is 0 Å². The lowest BCUT2D eigenvalue weighted by Gasteiger charge is -2.36. The van der Waals surface area contributed by atoms with Crippen LogP contribution in [-0.4, -0.2) is 45.3 Å². The van der Waals surface area contributed by atoms with Gasteiger partial charge in [-0.1, -0.05) is 0 Å². The van der Waals surface area contributed by atoms with E-state index in [0.29, 0.717) is 37.2 Å². The van der Waals surface area contributed by atoms with E-state index in [2.05, 4.69) is 0 Å². The van der Waals surface area contributed by atoms with Crippen LogP contribution in [-0.2, 0) is 14.4 Å². The van der Waals surface area contributed by atoms with Crippen LogP contribution in [0.2, 0.25) is 0 Å². The third-order valence-corrected chi connectivity index (χ3v) is 4.30. The third kappa shape index (κ3) is 2.62. The molecule has 1 N–H and O–H groups in total. The van der Waals surface area contributed by atoms with Crippen LogP contribution < -0.4 is 0 Å². The summed E-state index contributed by atoms with van der Waals surface area (Å²) in [5.74, 6) is -0.587. The van der Waals surface area contributed by atoms with Gasteiger partial charge in [0.1, 0.15) is 0 Å².